The molecular formula is C38H55FN2O. The Bertz CT molecular complexity index is 1200. The zero-order valence-electron chi connectivity index (χ0n) is 27.1. The van der Waals surface area contributed by atoms with Gasteiger partial charge in [-0.3, -0.25) is 4.79 Å². The van der Waals surface area contributed by atoms with E-state index in [1.54, 1.807) is 6.07 Å². The maximum Gasteiger partial charge on any atom is 0.193 e. The van der Waals surface area contributed by atoms with Crippen LogP contribution in [0.3, 0.4) is 0 Å². The van der Waals surface area contributed by atoms with Crippen LogP contribution in [0.25, 0.3) is 0 Å². The molecule has 3 aromatic rings. The Balaban J connectivity index is 0.000000435. The third-order valence-corrected chi connectivity index (χ3v) is 7.86. The lowest BCUT2D eigenvalue weighted by atomic mass is 9.93. The molecule has 0 heterocycles. The van der Waals surface area contributed by atoms with Crippen molar-refractivity contribution >= 4 is 5.78 Å². The van der Waals surface area contributed by atoms with Crippen LogP contribution >= 0.6 is 0 Å². The summed E-state index contributed by atoms with van der Waals surface area (Å²) < 4.78 is 13.3. The lowest BCUT2D eigenvalue weighted by Gasteiger charge is -2.20. The first-order valence-electron chi connectivity index (χ1n) is 16.2. The molecule has 0 radical (unpaired) electrons. The fraction of sp³-hybridized carbons (Fsp3) is 0.500. The van der Waals surface area contributed by atoms with Gasteiger partial charge in [0.15, 0.2) is 5.78 Å². The topological polar surface area (TPSA) is 46.3 Å². The monoisotopic (exact) mass is 574 g/mol. The third kappa shape index (κ3) is 11.8. The van der Waals surface area contributed by atoms with E-state index in [-0.39, 0.29) is 17.6 Å². The molecular weight excluding hydrogens is 519 g/mol. The van der Waals surface area contributed by atoms with Gasteiger partial charge in [0.05, 0.1) is 0 Å². The van der Waals surface area contributed by atoms with E-state index in [4.69, 9.17) is 5.73 Å². The molecule has 0 saturated carbocycles. The summed E-state index contributed by atoms with van der Waals surface area (Å²) in [5.41, 5.74) is 13.1. The summed E-state index contributed by atoms with van der Waals surface area (Å²) in [6.07, 6.45) is 10.4. The molecule has 0 bridgehead atoms. The largest absolute Gasteiger partial charge is 0.324 e. The van der Waals surface area contributed by atoms with E-state index >= 15 is 0 Å². The normalized spacial score (nSPS) is 11.7. The smallest absolute Gasteiger partial charge is 0.193 e. The van der Waals surface area contributed by atoms with Crippen LogP contribution in [-0.2, 0) is 12.8 Å². The number of halogens is 1. The summed E-state index contributed by atoms with van der Waals surface area (Å²) >= 11 is 0. The van der Waals surface area contributed by atoms with Crippen molar-refractivity contribution in [2.24, 2.45) is 5.73 Å². The number of benzene rings is 3. The van der Waals surface area contributed by atoms with Crippen LogP contribution in [-0.4, -0.2) is 30.3 Å². The van der Waals surface area contributed by atoms with Crippen LogP contribution in [0, 0.1) is 19.7 Å². The molecule has 1 atom stereocenters. The second kappa shape index (κ2) is 19.4. The first kappa shape index (κ1) is 35.4. The summed E-state index contributed by atoms with van der Waals surface area (Å²) in [6, 6.07) is 18.4. The molecule has 0 spiro atoms. The zero-order chi connectivity index (χ0) is 30.9. The van der Waals surface area contributed by atoms with Gasteiger partial charge in [0.25, 0.3) is 0 Å². The molecule has 0 saturated heterocycles. The minimum absolute atomic E-state index is 0.0395. The molecule has 0 aromatic heterocycles. The van der Waals surface area contributed by atoms with Crippen LogP contribution in [0.4, 0.5) is 4.39 Å². The van der Waals surface area contributed by atoms with Crippen LogP contribution in [0.15, 0.2) is 60.7 Å². The van der Waals surface area contributed by atoms with Gasteiger partial charge in [0.2, 0.25) is 0 Å². The predicted molar refractivity (Wildman–Crippen MR) is 178 cm³/mol. The number of carbonyl (C=O) groups excluding carboxylic acids is 1. The molecule has 0 fully saturated rings. The van der Waals surface area contributed by atoms with Crippen molar-refractivity contribution in [2.75, 3.05) is 19.6 Å². The summed E-state index contributed by atoms with van der Waals surface area (Å²) in [7, 11) is 0. The Morgan fingerprint density at radius 1 is 0.762 bits per heavy atom. The first-order chi connectivity index (χ1) is 20.2. The quantitative estimate of drug-likeness (QED) is 0.137. The van der Waals surface area contributed by atoms with Crippen molar-refractivity contribution in [2.45, 2.75) is 105 Å². The molecule has 0 aliphatic carbocycles. The fourth-order valence-corrected chi connectivity index (χ4v) is 5.43. The molecule has 0 amide bonds. The fourth-order valence-electron chi connectivity index (χ4n) is 5.43. The van der Waals surface area contributed by atoms with Gasteiger partial charge in [-0.1, -0.05) is 95.5 Å². The maximum atomic E-state index is 13.3. The lowest BCUT2D eigenvalue weighted by molar-refractivity contribution is 0.103. The van der Waals surface area contributed by atoms with Crippen molar-refractivity contribution in [1.29, 1.82) is 0 Å². The average Bonchev–Trinajstić information content (AvgIpc) is 2.97. The molecule has 42 heavy (non-hydrogen) atoms. The Labute approximate surface area is 255 Å². The van der Waals surface area contributed by atoms with Crippen molar-refractivity contribution in [3.8, 4) is 0 Å². The van der Waals surface area contributed by atoms with Gasteiger partial charge in [-0.05, 0) is 112 Å². The first-order valence-corrected chi connectivity index (χ1v) is 16.2. The number of rotatable bonds is 16. The highest BCUT2D eigenvalue weighted by atomic mass is 19.1. The minimum atomic E-state index is -0.212. The van der Waals surface area contributed by atoms with Gasteiger partial charge in [0.1, 0.15) is 5.82 Å². The molecule has 3 rings (SSSR count). The van der Waals surface area contributed by atoms with E-state index in [1.807, 2.05) is 56.3 Å². The number of aryl methyl sites for hydroxylation is 4. The highest BCUT2D eigenvalue weighted by Gasteiger charge is 2.14. The van der Waals surface area contributed by atoms with Crippen molar-refractivity contribution in [3.63, 3.8) is 0 Å². The summed E-state index contributed by atoms with van der Waals surface area (Å²) in [5.74, 6) is -0.173. The number of carbonyl (C=O) groups is 1. The van der Waals surface area contributed by atoms with Crippen molar-refractivity contribution in [1.82, 2.24) is 4.90 Å². The van der Waals surface area contributed by atoms with Gasteiger partial charge < -0.3 is 10.6 Å². The Kier molecular flexibility index (Phi) is 16.3. The van der Waals surface area contributed by atoms with Crippen LogP contribution < -0.4 is 5.73 Å². The van der Waals surface area contributed by atoms with E-state index in [0.29, 0.717) is 5.56 Å². The Morgan fingerprint density at radius 3 is 2.02 bits per heavy atom. The van der Waals surface area contributed by atoms with Gasteiger partial charge in [-0.25, -0.2) is 4.39 Å². The average molecular weight is 575 g/mol. The maximum absolute atomic E-state index is 13.3. The number of hydrogen-bond donors (Lipinski definition) is 1. The number of unbranched alkanes of at least 4 members (excludes halogenated alkanes) is 2. The number of hydrogen-bond acceptors (Lipinski definition) is 3. The zero-order valence-corrected chi connectivity index (χ0v) is 27.1. The van der Waals surface area contributed by atoms with E-state index in [2.05, 4.69) is 38.7 Å². The van der Waals surface area contributed by atoms with Gasteiger partial charge in [-0.15, -0.1) is 0 Å². The minimum Gasteiger partial charge on any atom is -0.324 e. The van der Waals surface area contributed by atoms with Crippen molar-refractivity contribution < 1.29 is 9.18 Å². The molecule has 3 nitrogen and oxygen atoms in total. The summed E-state index contributed by atoms with van der Waals surface area (Å²) in [6.45, 7) is 16.8. The van der Waals surface area contributed by atoms with E-state index in [9.17, 15) is 9.18 Å². The molecule has 230 valence electrons. The Morgan fingerprint density at radius 2 is 1.45 bits per heavy atom. The van der Waals surface area contributed by atoms with Gasteiger partial charge >= 0.3 is 0 Å². The van der Waals surface area contributed by atoms with Crippen LogP contribution in [0.5, 0.6) is 0 Å². The molecule has 4 heteroatoms. The van der Waals surface area contributed by atoms with Gasteiger partial charge in [0, 0.05) is 17.2 Å². The standard InChI is InChI=1S/C27H30FNO.C11H25N/c1-4-5-20-6-14-25(19(3)16-20)27(30)23-9-7-22(8-10-23)26(29)15-12-21-11-13-24(28)17-18(21)2;1-4-7-8-11-12(9-5-2)10-6-3/h6-11,13-14,16-17,26H,4-5,12,15,29H2,1-3H3;4-11H2,1-3H3. The van der Waals surface area contributed by atoms with Crippen molar-refractivity contribution in [3.05, 3.63) is 105 Å². The van der Waals surface area contributed by atoms with E-state index in [0.717, 1.165) is 53.5 Å². The second-order valence-electron chi connectivity index (χ2n) is 11.6. The summed E-state index contributed by atoms with van der Waals surface area (Å²) in [5, 5.41) is 0. The number of nitrogens with zero attached hydrogens (tertiary/aromatic N) is 1. The highest BCUT2D eigenvalue weighted by molar-refractivity contribution is 6.09. The molecule has 0 aliphatic heterocycles. The predicted octanol–water partition coefficient (Wildman–Crippen LogP) is 9.56. The number of nitrogens with two attached hydrogens (primary N) is 1. The molecule has 0 aliphatic rings. The molecule has 1 unspecified atom stereocenters. The van der Waals surface area contributed by atoms with Crippen LogP contribution in [0.1, 0.15) is 122 Å². The van der Waals surface area contributed by atoms with E-state index < -0.39 is 0 Å². The molecule has 2 N–H and O–H groups in total. The number of ketones is 1. The summed E-state index contributed by atoms with van der Waals surface area (Å²) in [4.78, 5) is 15.5. The molecule has 3 aromatic carbocycles. The highest BCUT2D eigenvalue weighted by Crippen LogP contribution is 2.22. The third-order valence-electron chi connectivity index (χ3n) is 7.86. The Hall–Kier alpha value is -2.82. The van der Waals surface area contributed by atoms with E-state index in [1.165, 1.54) is 63.4 Å². The SMILES string of the molecule is CCCCCN(CCC)CCC.CCCc1ccc(C(=O)c2ccc(C(N)CCc3ccc(F)cc3C)cc2)c(C)c1. The lowest BCUT2D eigenvalue weighted by Crippen LogP contribution is -2.26. The van der Waals surface area contributed by atoms with Gasteiger partial charge in [-0.2, -0.15) is 0 Å². The van der Waals surface area contributed by atoms with Crippen LogP contribution in [0.2, 0.25) is 0 Å². The second-order valence-corrected chi connectivity index (χ2v) is 11.6.